The van der Waals surface area contributed by atoms with Gasteiger partial charge in [-0.2, -0.15) is 0 Å². The molecule has 0 aromatic rings. The summed E-state index contributed by atoms with van der Waals surface area (Å²) in [6, 6.07) is 0. The zero-order chi connectivity index (χ0) is 11.4. The van der Waals surface area contributed by atoms with Crippen molar-refractivity contribution in [2.45, 2.75) is 34.1 Å². The standard InChI is InChI=1S/C8H8O2.2C2H6/c1-3-5-8-7(4-2)9-6-10-8;2*1-2/h1,4H,2,5-6H2;2*1-2H3. The molecular weight excluding hydrogens is 176 g/mol. The minimum Gasteiger partial charge on any atom is -0.457 e. The third kappa shape index (κ3) is 5.31. The maximum atomic E-state index is 5.07. The van der Waals surface area contributed by atoms with Gasteiger partial charge in [0, 0.05) is 0 Å². The van der Waals surface area contributed by atoms with Gasteiger partial charge in [-0.1, -0.05) is 40.2 Å². The molecule has 1 heterocycles. The fraction of sp³-hybridized carbons (Fsp3) is 0.500. The number of hydrogen-bond donors (Lipinski definition) is 0. The molecule has 0 spiro atoms. The van der Waals surface area contributed by atoms with Gasteiger partial charge in [0.1, 0.15) is 0 Å². The summed E-state index contributed by atoms with van der Waals surface area (Å²) in [6.45, 7) is 11.8. The molecule has 0 saturated heterocycles. The number of terminal acetylenes is 1. The third-order valence-electron chi connectivity index (χ3n) is 1.17. The van der Waals surface area contributed by atoms with E-state index >= 15 is 0 Å². The minimum absolute atomic E-state index is 0.262. The van der Waals surface area contributed by atoms with Crippen LogP contribution >= 0.6 is 0 Å². The summed E-state index contributed by atoms with van der Waals surface area (Å²) in [5.41, 5.74) is 0. The van der Waals surface area contributed by atoms with E-state index < -0.39 is 0 Å². The zero-order valence-electron chi connectivity index (χ0n) is 9.59. The van der Waals surface area contributed by atoms with Crippen molar-refractivity contribution >= 4 is 0 Å². The van der Waals surface area contributed by atoms with Gasteiger partial charge < -0.3 is 9.47 Å². The molecule has 2 nitrogen and oxygen atoms in total. The van der Waals surface area contributed by atoms with Crippen LogP contribution in [-0.2, 0) is 9.47 Å². The molecule has 80 valence electrons. The van der Waals surface area contributed by atoms with Gasteiger partial charge in [0.2, 0.25) is 6.79 Å². The van der Waals surface area contributed by atoms with E-state index in [-0.39, 0.29) is 6.79 Å². The monoisotopic (exact) mass is 196 g/mol. The van der Waals surface area contributed by atoms with E-state index in [1.807, 2.05) is 27.7 Å². The number of hydrogen-bond acceptors (Lipinski definition) is 2. The average molecular weight is 196 g/mol. The Morgan fingerprint density at radius 3 is 2.36 bits per heavy atom. The lowest BCUT2D eigenvalue weighted by molar-refractivity contribution is 0.0736. The number of ether oxygens (including phenoxy) is 2. The molecule has 14 heavy (non-hydrogen) atoms. The van der Waals surface area contributed by atoms with Crippen LogP contribution in [0.15, 0.2) is 24.2 Å². The first kappa shape index (κ1) is 15.1. The maximum Gasteiger partial charge on any atom is 0.230 e. The van der Waals surface area contributed by atoms with E-state index in [0.717, 1.165) is 0 Å². The van der Waals surface area contributed by atoms with Gasteiger partial charge in [0.05, 0.1) is 6.42 Å². The van der Waals surface area contributed by atoms with E-state index in [1.54, 1.807) is 6.08 Å². The first-order valence-corrected chi connectivity index (χ1v) is 4.93. The Bertz CT molecular complexity index is 209. The summed E-state index contributed by atoms with van der Waals surface area (Å²) in [5.74, 6) is 3.83. The van der Waals surface area contributed by atoms with Crippen molar-refractivity contribution in [1.82, 2.24) is 0 Å². The highest BCUT2D eigenvalue weighted by Crippen LogP contribution is 2.18. The fourth-order valence-electron chi connectivity index (χ4n) is 0.719. The highest BCUT2D eigenvalue weighted by molar-refractivity contribution is 5.19. The summed E-state index contributed by atoms with van der Waals surface area (Å²) < 4.78 is 10.1. The second kappa shape index (κ2) is 11.6. The van der Waals surface area contributed by atoms with Gasteiger partial charge in [-0.15, -0.1) is 6.42 Å². The Hall–Kier alpha value is -1.36. The summed E-state index contributed by atoms with van der Waals surface area (Å²) in [6.07, 6.45) is 7.14. The highest BCUT2D eigenvalue weighted by Gasteiger charge is 2.12. The molecule has 0 saturated carbocycles. The largest absolute Gasteiger partial charge is 0.457 e. The second-order valence-corrected chi connectivity index (χ2v) is 1.78. The van der Waals surface area contributed by atoms with Crippen LogP contribution in [0, 0.1) is 12.3 Å². The SMILES string of the molecule is C#CCC1=C(C=C)OCO1.CC.CC. The first-order chi connectivity index (χ1) is 6.88. The van der Waals surface area contributed by atoms with Gasteiger partial charge in [-0.25, -0.2) is 0 Å². The maximum absolute atomic E-state index is 5.07. The van der Waals surface area contributed by atoms with Crippen LogP contribution in [0.5, 0.6) is 0 Å². The van der Waals surface area contributed by atoms with Crippen LogP contribution in [-0.4, -0.2) is 6.79 Å². The highest BCUT2D eigenvalue weighted by atomic mass is 16.7. The summed E-state index contributed by atoms with van der Waals surface area (Å²) in [5, 5.41) is 0. The smallest absolute Gasteiger partial charge is 0.230 e. The van der Waals surface area contributed by atoms with Gasteiger partial charge in [-0.3, -0.25) is 0 Å². The molecule has 1 rings (SSSR count). The lowest BCUT2D eigenvalue weighted by atomic mass is 10.3. The third-order valence-corrected chi connectivity index (χ3v) is 1.17. The predicted octanol–water partition coefficient (Wildman–Crippen LogP) is 3.46. The molecule has 0 amide bonds. The van der Waals surface area contributed by atoms with Crippen LogP contribution in [0.2, 0.25) is 0 Å². The van der Waals surface area contributed by atoms with Crippen molar-refractivity contribution < 1.29 is 9.47 Å². The van der Waals surface area contributed by atoms with E-state index in [0.29, 0.717) is 17.9 Å². The molecule has 1 aliphatic heterocycles. The quantitative estimate of drug-likeness (QED) is 0.630. The van der Waals surface area contributed by atoms with Gasteiger partial charge in [0.25, 0.3) is 0 Å². The number of rotatable bonds is 2. The Morgan fingerprint density at radius 1 is 1.36 bits per heavy atom. The molecule has 0 radical (unpaired) electrons. The van der Waals surface area contributed by atoms with E-state index in [4.69, 9.17) is 15.9 Å². The van der Waals surface area contributed by atoms with Gasteiger partial charge >= 0.3 is 0 Å². The molecule has 0 N–H and O–H groups in total. The molecule has 0 aliphatic carbocycles. The average Bonchev–Trinajstić information content (AvgIpc) is 2.72. The molecule has 0 fully saturated rings. The molecule has 2 heteroatoms. The summed E-state index contributed by atoms with van der Waals surface area (Å²) in [7, 11) is 0. The van der Waals surface area contributed by atoms with Gasteiger partial charge in [-0.05, 0) is 6.08 Å². The van der Waals surface area contributed by atoms with Crippen LogP contribution in [0.3, 0.4) is 0 Å². The Labute approximate surface area is 87.6 Å². The van der Waals surface area contributed by atoms with Crippen LogP contribution in [0.25, 0.3) is 0 Å². The predicted molar refractivity (Wildman–Crippen MR) is 60.4 cm³/mol. The molecule has 0 atom stereocenters. The molecule has 0 aromatic carbocycles. The lowest BCUT2D eigenvalue weighted by Crippen LogP contribution is -1.82. The summed E-state index contributed by atoms with van der Waals surface area (Å²) >= 11 is 0. The second-order valence-electron chi connectivity index (χ2n) is 1.78. The van der Waals surface area contributed by atoms with Gasteiger partial charge in [0.15, 0.2) is 11.5 Å². The minimum atomic E-state index is 0.262. The normalized spacial score (nSPS) is 11.9. The van der Waals surface area contributed by atoms with Crippen molar-refractivity contribution in [1.29, 1.82) is 0 Å². The van der Waals surface area contributed by atoms with Crippen molar-refractivity contribution in [2.75, 3.05) is 6.79 Å². The van der Waals surface area contributed by atoms with Crippen molar-refractivity contribution in [2.24, 2.45) is 0 Å². The van der Waals surface area contributed by atoms with Crippen molar-refractivity contribution in [3.63, 3.8) is 0 Å². The topological polar surface area (TPSA) is 18.5 Å². The Kier molecular flexibility index (Phi) is 12.6. The van der Waals surface area contributed by atoms with E-state index in [9.17, 15) is 0 Å². The van der Waals surface area contributed by atoms with Crippen molar-refractivity contribution in [3.05, 3.63) is 24.2 Å². The van der Waals surface area contributed by atoms with E-state index in [1.165, 1.54) is 0 Å². The lowest BCUT2D eigenvalue weighted by Gasteiger charge is -1.92. The Balaban J connectivity index is 0. The van der Waals surface area contributed by atoms with E-state index in [2.05, 4.69) is 12.5 Å². The zero-order valence-corrected chi connectivity index (χ0v) is 9.59. The van der Waals surface area contributed by atoms with Crippen LogP contribution in [0.4, 0.5) is 0 Å². The first-order valence-electron chi connectivity index (χ1n) is 4.93. The molecule has 1 aliphatic rings. The van der Waals surface area contributed by atoms with Crippen LogP contribution in [0.1, 0.15) is 34.1 Å². The summed E-state index contributed by atoms with van der Waals surface area (Å²) in [4.78, 5) is 0. The molecule has 0 unspecified atom stereocenters. The molecular formula is C12H20O2. The van der Waals surface area contributed by atoms with Crippen LogP contribution < -0.4 is 0 Å². The number of allylic oxidation sites excluding steroid dienone is 2. The fourth-order valence-corrected chi connectivity index (χ4v) is 0.719. The molecule has 0 aromatic heterocycles. The van der Waals surface area contributed by atoms with Crippen molar-refractivity contribution in [3.8, 4) is 12.3 Å². The molecule has 0 bridgehead atoms. The Morgan fingerprint density at radius 2 is 1.93 bits per heavy atom.